The normalized spacial score (nSPS) is 20.9. The van der Waals surface area contributed by atoms with Crippen molar-refractivity contribution in [1.29, 1.82) is 0 Å². The maximum atomic E-state index is 12.5. The van der Waals surface area contributed by atoms with E-state index in [0.717, 1.165) is 37.4 Å². The number of halogens is 1. The van der Waals surface area contributed by atoms with Gasteiger partial charge >= 0.3 is 6.03 Å². The summed E-state index contributed by atoms with van der Waals surface area (Å²) in [4.78, 5) is 16.4. The Morgan fingerprint density at radius 1 is 1.21 bits per heavy atom. The maximum Gasteiger partial charge on any atom is 0.320 e. The van der Waals surface area contributed by atoms with Crippen molar-refractivity contribution in [3.8, 4) is 0 Å². The van der Waals surface area contributed by atoms with E-state index in [9.17, 15) is 4.79 Å². The molecular formula is C18H26ClN3O2. The van der Waals surface area contributed by atoms with Crippen molar-refractivity contribution in [2.75, 3.05) is 39.4 Å². The molecule has 132 valence electrons. The summed E-state index contributed by atoms with van der Waals surface area (Å²) >= 11 is 6.04. The number of hydrogen-bond acceptors (Lipinski definition) is 3. The molecule has 0 aliphatic carbocycles. The van der Waals surface area contributed by atoms with Crippen LogP contribution in [-0.4, -0.2) is 61.3 Å². The summed E-state index contributed by atoms with van der Waals surface area (Å²) < 4.78 is 5.31. The lowest BCUT2D eigenvalue weighted by molar-refractivity contribution is 0.0395. The number of amides is 2. The Kier molecular flexibility index (Phi) is 5.98. The topological polar surface area (TPSA) is 58.8 Å². The third kappa shape index (κ3) is 4.41. The molecule has 1 unspecified atom stereocenters. The molecule has 1 aromatic carbocycles. The smallest absolute Gasteiger partial charge is 0.320 e. The third-order valence-corrected chi connectivity index (χ3v) is 5.29. The number of benzene rings is 1. The minimum absolute atomic E-state index is 0.115. The fourth-order valence-corrected chi connectivity index (χ4v) is 3.79. The average Bonchev–Trinajstić information content (AvgIpc) is 2.62. The Bertz CT molecular complexity index is 555. The molecule has 2 aliphatic heterocycles. The molecule has 6 heteroatoms. The number of carbonyl (C=O) groups excluding carboxylic acids is 1. The van der Waals surface area contributed by atoms with Crippen LogP contribution in [0.1, 0.15) is 18.4 Å². The summed E-state index contributed by atoms with van der Waals surface area (Å²) in [5.74, 6) is 0.456. The van der Waals surface area contributed by atoms with E-state index in [0.29, 0.717) is 32.2 Å². The standard InChI is InChI=1S/C18H26ClN3O2/c19-16-3-1-2-14(12-16)13-17(20)15-4-6-21(7-5-15)18(23)22-8-10-24-11-9-22/h1-3,12,15,17H,4-11,13,20H2. The molecule has 1 atom stereocenters. The van der Waals surface area contributed by atoms with Gasteiger partial charge in [-0.1, -0.05) is 23.7 Å². The number of likely N-dealkylation sites (tertiary alicyclic amines) is 1. The van der Waals surface area contributed by atoms with Gasteiger partial charge in [0.15, 0.2) is 0 Å². The second-order valence-corrected chi connectivity index (χ2v) is 7.14. The van der Waals surface area contributed by atoms with Crippen molar-refractivity contribution in [2.45, 2.75) is 25.3 Å². The van der Waals surface area contributed by atoms with Gasteiger partial charge < -0.3 is 20.3 Å². The lowest BCUT2D eigenvalue weighted by Gasteiger charge is -2.38. The van der Waals surface area contributed by atoms with Gasteiger partial charge in [0, 0.05) is 37.2 Å². The van der Waals surface area contributed by atoms with Gasteiger partial charge in [-0.05, 0) is 42.9 Å². The maximum absolute atomic E-state index is 12.5. The van der Waals surface area contributed by atoms with Crippen LogP contribution in [0.25, 0.3) is 0 Å². The Labute approximate surface area is 148 Å². The van der Waals surface area contributed by atoms with E-state index in [-0.39, 0.29) is 12.1 Å². The van der Waals surface area contributed by atoms with E-state index in [1.807, 2.05) is 28.0 Å². The van der Waals surface area contributed by atoms with Crippen LogP contribution in [0.15, 0.2) is 24.3 Å². The Morgan fingerprint density at radius 2 is 1.88 bits per heavy atom. The van der Waals surface area contributed by atoms with Gasteiger partial charge in [-0.3, -0.25) is 0 Å². The van der Waals surface area contributed by atoms with Crippen molar-refractivity contribution in [3.63, 3.8) is 0 Å². The van der Waals surface area contributed by atoms with Crippen LogP contribution in [0.2, 0.25) is 5.02 Å². The fraction of sp³-hybridized carbons (Fsp3) is 0.611. The SMILES string of the molecule is NC(Cc1cccc(Cl)c1)C1CCN(C(=O)N2CCOCC2)CC1. The van der Waals surface area contributed by atoms with Crippen LogP contribution in [0.3, 0.4) is 0 Å². The summed E-state index contributed by atoms with van der Waals surface area (Å²) in [5.41, 5.74) is 7.60. The molecule has 1 aromatic rings. The quantitative estimate of drug-likeness (QED) is 0.909. The molecular weight excluding hydrogens is 326 g/mol. The highest BCUT2D eigenvalue weighted by molar-refractivity contribution is 6.30. The molecule has 24 heavy (non-hydrogen) atoms. The van der Waals surface area contributed by atoms with Gasteiger partial charge in [0.1, 0.15) is 0 Å². The molecule has 0 aromatic heterocycles. The van der Waals surface area contributed by atoms with E-state index in [1.165, 1.54) is 5.56 Å². The lowest BCUT2D eigenvalue weighted by atomic mass is 9.86. The summed E-state index contributed by atoms with van der Waals surface area (Å²) in [7, 11) is 0. The minimum atomic E-state index is 0.115. The number of hydrogen-bond donors (Lipinski definition) is 1. The largest absolute Gasteiger partial charge is 0.378 e. The molecule has 3 rings (SSSR count). The molecule has 2 fully saturated rings. The predicted octanol–water partition coefficient (Wildman–Crippen LogP) is 2.37. The van der Waals surface area contributed by atoms with Crippen molar-refractivity contribution in [1.82, 2.24) is 9.80 Å². The Hall–Kier alpha value is -1.30. The van der Waals surface area contributed by atoms with Gasteiger partial charge in [-0.15, -0.1) is 0 Å². The van der Waals surface area contributed by atoms with Crippen LogP contribution < -0.4 is 5.73 Å². The highest BCUT2D eigenvalue weighted by atomic mass is 35.5. The van der Waals surface area contributed by atoms with Gasteiger partial charge in [-0.2, -0.15) is 0 Å². The highest BCUT2D eigenvalue weighted by Crippen LogP contribution is 2.23. The van der Waals surface area contributed by atoms with Crippen LogP contribution in [0, 0.1) is 5.92 Å². The number of urea groups is 1. The molecule has 0 saturated carbocycles. The van der Waals surface area contributed by atoms with Crippen LogP contribution in [0.4, 0.5) is 4.79 Å². The minimum Gasteiger partial charge on any atom is -0.378 e. The number of carbonyl (C=O) groups is 1. The zero-order valence-corrected chi connectivity index (χ0v) is 14.8. The van der Waals surface area contributed by atoms with Crippen LogP contribution >= 0.6 is 11.6 Å². The van der Waals surface area contributed by atoms with Crippen molar-refractivity contribution < 1.29 is 9.53 Å². The molecule has 0 radical (unpaired) electrons. The first-order valence-electron chi connectivity index (χ1n) is 8.75. The monoisotopic (exact) mass is 351 g/mol. The second kappa shape index (κ2) is 8.19. The summed E-state index contributed by atoms with van der Waals surface area (Å²) in [5, 5.41) is 0.755. The fourth-order valence-electron chi connectivity index (χ4n) is 3.58. The summed E-state index contributed by atoms with van der Waals surface area (Å²) in [6, 6.07) is 8.17. The molecule has 2 aliphatic rings. The number of nitrogens with two attached hydrogens (primary N) is 1. The molecule has 5 nitrogen and oxygen atoms in total. The first-order valence-corrected chi connectivity index (χ1v) is 9.13. The number of piperidine rings is 1. The third-order valence-electron chi connectivity index (χ3n) is 5.06. The van der Waals surface area contributed by atoms with Crippen LogP contribution in [0.5, 0.6) is 0 Å². The molecule has 0 bridgehead atoms. The highest BCUT2D eigenvalue weighted by Gasteiger charge is 2.29. The van der Waals surface area contributed by atoms with Gasteiger partial charge in [0.25, 0.3) is 0 Å². The van der Waals surface area contributed by atoms with E-state index < -0.39 is 0 Å². The predicted molar refractivity (Wildman–Crippen MR) is 95.2 cm³/mol. The number of ether oxygens (including phenoxy) is 1. The first-order chi connectivity index (χ1) is 11.6. The lowest BCUT2D eigenvalue weighted by Crippen LogP contribution is -2.51. The van der Waals surface area contributed by atoms with E-state index in [4.69, 9.17) is 22.1 Å². The van der Waals surface area contributed by atoms with E-state index >= 15 is 0 Å². The Morgan fingerprint density at radius 3 is 2.54 bits per heavy atom. The molecule has 0 spiro atoms. The van der Waals surface area contributed by atoms with Crippen molar-refractivity contribution in [2.24, 2.45) is 11.7 Å². The van der Waals surface area contributed by atoms with E-state index in [2.05, 4.69) is 6.07 Å². The average molecular weight is 352 g/mol. The Balaban J connectivity index is 1.48. The van der Waals surface area contributed by atoms with Gasteiger partial charge in [-0.25, -0.2) is 4.79 Å². The molecule has 2 amide bonds. The molecule has 2 saturated heterocycles. The van der Waals surface area contributed by atoms with E-state index in [1.54, 1.807) is 0 Å². The first kappa shape index (κ1) is 17.5. The van der Waals surface area contributed by atoms with Gasteiger partial charge in [0.2, 0.25) is 0 Å². The zero-order chi connectivity index (χ0) is 16.9. The molecule has 2 heterocycles. The second-order valence-electron chi connectivity index (χ2n) is 6.70. The zero-order valence-electron chi connectivity index (χ0n) is 14.0. The number of rotatable bonds is 3. The molecule has 2 N–H and O–H groups in total. The number of nitrogens with zero attached hydrogens (tertiary/aromatic N) is 2. The summed E-state index contributed by atoms with van der Waals surface area (Å²) in [6.07, 6.45) is 2.78. The van der Waals surface area contributed by atoms with Crippen molar-refractivity contribution in [3.05, 3.63) is 34.9 Å². The van der Waals surface area contributed by atoms with Crippen LogP contribution in [-0.2, 0) is 11.2 Å². The number of morpholine rings is 1. The van der Waals surface area contributed by atoms with Crippen molar-refractivity contribution >= 4 is 17.6 Å². The van der Waals surface area contributed by atoms with Gasteiger partial charge in [0.05, 0.1) is 13.2 Å². The summed E-state index contributed by atoms with van der Waals surface area (Å²) in [6.45, 7) is 4.29.